The van der Waals surface area contributed by atoms with Crippen LogP contribution in [-0.4, -0.2) is 38.5 Å². The first-order chi connectivity index (χ1) is 8.32. The maximum absolute atomic E-state index is 12.1. The Hall–Kier alpha value is -1.71. The number of anilines is 2. The van der Waals surface area contributed by atoms with Crippen molar-refractivity contribution in [3.05, 3.63) is 23.8 Å². The van der Waals surface area contributed by atoms with E-state index in [-0.39, 0.29) is 5.91 Å². The zero-order valence-corrected chi connectivity index (χ0v) is 11.9. The van der Waals surface area contributed by atoms with E-state index in [1.54, 1.807) is 31.1 Å². The number of amides is 1. The summed E-state index contributed by atoms with van der Waals surface area (Å²) in [4.78, 5) is 15.8. The molecule has 18 heavy (non-hydrogen) atoms. The fourth-order valence-electron chi connectivity index (χ4n) is 1.93. The number of benzene rings is 1. The zero-order valence-electron chi connectivity index (χ0n) is 11.9. The minimum Gasteiger partial charge on any atom is -0.399 e. The van der Waals surface area contributed by atoms with Crippen molar-refractivity contribution < 1.29 is 4.79 Å². The van der Waals surface area contributed by atoms with E-state index in [4.69, 9.17) is 5.73 Å². The van der Waals surface area contributed by atoms with Crippen LogP contribution in [-0.2, 0) is 0 Å². The van der Waals surface area contributed by atoms with E-state index in [1.165, 1.54) is 0 Å². The molecule has 0 saturated heterocycles. The normalized spacial score (nSPS) is 10.6. The van der Waals surface area contributed by atoms with Gasteiger partial charge in [-0.15, -0.1) is 0 Å². The van der Waals surface area contributed by atoms with Crippen molar-refractivity contribution in [3.63, 3.8) is 0 Å². The lowest BCUT2D eigenvalue weighted by Crippen LogP contribution is -2.28. The quantitative estimate of drug-likeness (QED) is 0.831. The Kier molecular flexibility index (Phi) is 4.59. The van der Waals surface area contributed by atoms with Crippen molar-refractivity contribution in [1.82, 2.24) is 4.90 Å². The maximum Gasteiger partial charge on any atom is 0.255 e. The Morgan fingerprint density at radius 2 is 1.89 bits per heavy atom. The first-order valence-electron chi connectivity index (χ1n) is 6.15. The Morgan fingerprint density at radius 3 is 2.39 bits per heavy atom. The minimum atomic E-state index is 0.000561. The van der Waals surface area contributed by atoms with Crippen LogP contribution >= 0.6 is 0 Å². The second kappa shape index (κ2) is 5.76. The topological polar surface area (TPSA) is 49.6 Å². The fourth-order valence-corrected chi connectivity index (χ4v) is 1.93. The summed E-state index contributed by atoms with van der Waals surface area (Å²) >= 11 is 0. The molecule has 100 valence electrons. The van der Waals surface area contributed by atoms with E-state index in [0.717, 1.165) is 12.2 Å². The molecule has 1 amide bonds. The van der Waals surface area contributed by atoms with E-state index in [0.29, 0.717) is 17.2 Å². The van der Waals surface area contributed by atoms with Crippen molar-refractivity contribution in [2.75, 3.05) is 38.3 Å². The lowest BCUT2D eigenvalue weighted by Gasteiger charge is -2.25. The molecule has 1 rings (SSSR count). The first-order valence-corrected chi connectivity index (χ1v) is 6.15. The molecule has 0 heterocycles. The maximum atomic E-state index is 12.1. The Labute approximate surface area is 109 Å². The summed E-state index contributed by atoms with van der Waals surface area (Å²) in [6.07, 6.45) is 0. The summed E-state index contributed by atoms with van der Waals surface area (Å²) in [5.41, 5.74) is 8.08. The van der Waals surface area contributed by atoms with Gasteiger partial charge < -0.3 is 15.5 Å². The lowest BCUT2D eigenvalue weighted by molar-refractivity contribution is 0.0828. The van der Waals surface area contributed by atoms with Gasteiger partial charge >= 0.3 is 0 Å². The predicted molar refractivity (Wildman–Crippen MR) is 77.0 cm³/mol. The molecule has 4 nitrogen and oxygen atoms in total. The highest BCUT2D eigenvalue weighted by Gasteiger charge is 2.16. The van der Waals surface area contributed by atoms with E-state index in [2.05, 4.69) is 18.7 Å². The van der Waals surface area contributed by atoms with Crippen LogP contribution in [0.4, 0.5) is 11.4 Å². The molecule has 2 N–H and O–H groups in total. The average molecular weight is 249 g/mol. The SMILES string of the molecule is CC(C)CN(C)c1cc(N)ccc1C(=O)N(C)C. The first kappa shape index (κ1) is 14.4. The molecule has 0 atom stereocenters. The van der Waals surface area contributed by atoms with Gasteiger partial charge in [-0.25, -0.2) is 0 Å². The zero-order chi connectivity index (χ0) is 13.9. The smallest absolute Gasteiger partial charge is 0.255 e. The van der Waals surface area contributed by atoms with Crippen molar-refractivity contribution in [2.45, 2.75) is 13.8 Å². The molecule has 0 aliphatic heterocycles. The number of nitrogen functional groups attached to an aromatic ring is 1. The van der Waals surface area contributed by atoms with E-state index in [1.807, 2.05) is 13.1 Å². The lowest BCUT2D eigenvalue weighted by atomic mass is 10.1. The average Bonchev–Trinajstić information content (AvgIpc) is 2.26. The molecule has 0 fully saturated rings. The molecule has 0 saturated carbocycles. The number of hydrogen-bond donors (Lipinski definition) is 1. The molecule has 0 aliphatic carbocycles. The number of rotatable bonds is 4. The van der Waals surface area contributed by atoms with Gasteiger partial charge in [-0.2, -0.15) is 0 Å². The van der Waals surface area contributed by atoms with Crippen LogP contribution in [0.3, 0.4) is 0 Å². The van der Waals surface area contributed by atoms with Gasteiger partial charge in [-0.1, -0.05) is 13.8 Å². The molecule has 0 bridgehead atoms. The summed E-state index contributed by atoms with van der Waals surface area (Å²) in [6.45, 7) is 5.18. The van der Waals surface area contributed by atoms with Gasteiger partial charge in [0.05, 0.1) is 11.3 Å². The Balaban J connectivity index is 3.15. The summed E-state index contributed by atoms with van der Waals surface area (Å²) < 4.78 is 0. The third-order valence-electron chi connectivity index (χ3n) is 2.71. The Morgan fingerprint density at radius 1 is 1.28 bits per heavy atom. The molecule has 1 aromatic carbocycles. The highest BCUT2D eigenvalue weighted by atomic mass is 16.2. The van der Waals surface area contributed by atoms with Crippen LogP contribution in [0.5, 0.6) is 0 Å². The van der Waals surface area contributed by atoms with Crippen LogP contribution in [0.15, 0.2) is 18.2 Å². The third-order valence-corrected chi connectivity index (χ3v) is 2.71. The van der Waals surface area contributed by atoms with Crippen LogP contribution in [0, 0.1) is 5.92 Å². The molecular formula is C14H23N3O. The van der Waals surface area contributed by atoms with Gasteiger partial charge in [0.25, 0.3) is 5.91 Å². The van der Waals surface area contributed by atoms with Crippen molar-refractivity contribution in [3.8, 4) is 0 Å². The molecule has 0 aliphatic rings. The summed E-state index contributed by atoms with van der Waals surface area (Å²) in [5, 5.41) is 0. The number of nitrogens with zero attached hydrogens (tertiary/aromatic N) is 2. The van der Waals surface area contributed by atoms with Crippen LogP contribution < -0.4 is 10.6 Å². The monoisotopic (exact) mass is 249 g/mol. The van der Waals surface area contributed by atoms with Gasteiger partial charge in [0.1, 0.15) is 0 Å². The van der Waals surface area contributed by atoms with Crippen molar-refractivity contribution >= 4 is 17.3 Å². The van der Waals surface area contributed by atoms with Crippen LogP contribution in [0.2, 0.25) is 0 Å². The second-order valence-corrected chi connectivity index (χ2v) is 5.25. The largest absolute Gasteiger partial charge is 0.399 e. The van der Waals surface area contributed by atoms with E-state index >= 15 is 0 Å². The van der Waals surface area contributed by atoms with Gasteiger partial charge in [0.15, 0.2) is 0 Å². The van der Waals surface area contributed by atoms with Crippen LogP contribution in [0.1, 0.15) is 24.2 Å². The highest BCUT2D eigenvalue weighted by Crippen LogP contribution is 2.24. The van der Waals surface area contributed by atoms with Gasteiger partial charge in [0.2, 0.25) is 0 Å². The third kappa shape index (κ3) is 3.39. The number of carbonyl (C=O) groups is 1. The number of hydrogen-bond acceptors (Lipinski definition) is 3. The van der Waals surface area contributed by atoms with Gasteiger partial charge in [-0.3, -0.25) is 4.79 Å². The second-order valence-electron chi connectivity index (χ2n) is 5.25. The van der Waals surface area contributed by atoms with E-state index < -0.39 is 0 Å². The summed E-state index contributed by atoms with van der Waals surface area (Å²) in [6, 6.07) is 5.42. The number of nitrogens with two attached hydrogens (primary N) is 1. The molecule has 4 heteroatoms. The molecule has 0 spiro atoms. The Bertz CT molecular complexity index is 427. The summed E-state index contributed by atoms with van der Waals surface area (Å²) in [5.74, 6) is 0.527. The molecule has 0 aromatic heterocycles. The van der Waals surface area contributed by atoms with Gasteiger partial charge in [-0.05, 0) is 24.1 Å². The van der Waals surface area contributed by atoms with E-state index in [9.17, 15) is 4.79 Å². The molecule has 1 aromatic rings. The van der Waals surface area contributed by atoms with Crippen LogP contribution in [0.25, 0.3) is 0 Å². The van der Waals surface area contributed by atoms with Crippen molar-refractivity contribution in [1.29, 1.82) is 0 Å². The van der Waals surface area contributed by atoms with Crippen molar-refractivity contribution in [2.24, 2.45) is 5.92 Å². The standard InChI is InChI=1S/C14H23N3O/c1-10(2)9-17(5)13-8-11(15)6-7-12(13)14(18)16(3)4/h6-8,10H,9,15H2,1-5H3. The van der Waals surface area contributed by atoms with Gasteiger partial charge in [0, 0.05) is 33.4 Å². The molecule has 0 unspecified atom stereocenters. The fraction of sp³-hybridized carbons (Fsp3) is 0.500. The predicted octanol–water partition coefficient (Wildman–Crippen LogP) is 2.06. The summed E-state index contributed by atoms with van der Waals surface area (Å²) in [7, 11) is 5.50. The number of carbonyl (C=O) groups excluding carboxylic acids is 1. The highest BCUT2D eigenvalue weighted by molar-refractivity contribution is 6.00. The molecular weight excluding hydrogens is 226 g/mol. The minimum absolute atomic E-state index is 0.000561. The molecule has 0 radical (unpaired) electrons.